The number of benzene rings is 2. The number of halogens is 2. The van der Waals surface area contributed by atoms with E-state index in [0.717, 1.165) is 12.1 Å². The van der Waals surface area contributed by atoms with Crippen LogP contribution < -0.4 is 10.1 Å². The summed E-state index contributed by atoms with van der Waals surface area (Å²) in [5, 5.41) is 13.6. The first-order valence-electron chi connectivity index (χ1n) is 8.28. The molecule has 7 heteroatoms. The highest BCUT2D eigenvalue weighted by Crippen LogP contribution is 2.30. The van der Waals surface area contributed by atoms with Crippen molar-refractivity contribution in [3.63, 3.8) is 0 Å². The summed E-state index contributed by atoms with van der Waals surface area (Å²) in [5.41, 5.74) is 1.12. The summed E-state index contributed by atoms with van der Waals surface area (Å²) in [7, 11) is 0. The number of carbonyl (C=O) groups is 1. The Morgan fingerprint density at radius 1 is 1.23 bits per heavy atom. The van der Waals surface area contributed by atoms with Crippen LogP contribution >= 0.6 is 23.2 Å². The first kappa shape index (κ1) is 19.0. The number of hydrogen-bond donors (Lipinski definition) is 2. The van der Waals surface area contributed by atoms with Crippen LogP contribution in [-0.2, 0) is 4.74 Å². The summed E-state index contributed by atoms with van der Waals surface area (Å²) in [6, 6.07) is 12.1. The molecule has 2 aromatic rings. The minimum atomic E-state index is -1.02. The Labute approximate surface area is 161 Å². The largest absolute Gasteiger partial charge is 0.490 e. The lowest BCUT2D eigenvalue weighted by Gasteiger charge is -2.25. The Balaban J connectivity index is 1.79. The lowest BCUT2D eigenvalue weighted by Crippen LogP contribution is -2.32. The first-order chi connectivity index (χ1) is 12.6. The predicted octanol–water partition coefficient (Wildman–Crippen LogP) is 3.84. The maximum absolute atomic E-state index is 11.3. The molecule has 2 atom stereocenters. The fraction of sp³-hybridized carbons (Fsp3) is 0.316. The van der Waals surface area contributed by atoms with Gasteiger partial charge in [-0.15, -0.1) is 0 Å². The van der Waals surface area contributed by atoms with Gasteiger partial charge < -0.3 is 19.9 Å². The Morgan fingerprint density at radius 3 is 2.81 bits per heavy atom. The zero-order valence-electron chi connectivity index (χ0n) is 14.0. The minimum absolute atomic E-state index is 0.00394. The molecule has 0 aliphatic carbocycles. The van der Waals surface area contributed by atoms with Crippen molar-refractivity contribution in [2.24, 2.45) is 0 Å². The second kappa shape index (κ2) is 8.73. The van der Waals surface area contributed by atoms with Gasteiger partial charge in [0.2, 0.25) is 0 Å². The number of para-hydroxylation sites is 1. The molecule has 138 valence electrons. The molecular formula is C19H19Cl2NO4. The average molecular weight is 396 g/mol. The topological polar surface area (TPSA) is 67.8 Å². The molecule has 2 N–H and O–H groups in total. The van der Waals surface area contributed by atoms with Crippen molar-refractivity contribution in [1.82, 2.24) is 5.32 Å². The predicted molar refractivity (Wildman–Crippen MR) is 101 cm³/mol. The number of hydrogen-bond acceptors (Lipinski definition) is 4. The lowest BCUT2D eigenvalue weighted by atomic mass is 9.93. The standard InChI is InChI=1S/C19H19Cl2NO4/c20-15-6-5-12(9-16(15)21)14-10-22-7-8-25-18(14)11-26-17-4-2-1-3-13(17)19(23)24/h1-6,9,14,18,22H,7-8,10-11H2,(H,23,24)/t14-,18-/m0/s1. The third kappa shape index (κ3) is 4.48. The molecule has 26 heavy (non-hydrogen) atoms. The van der Waals surface area contributed by atoms with E-state index in [1.165, 1.54) is 6.07 Å². The smallest absolute Gasteiger partial charge is 0.339 e. The van der Waals surface area contributed by atoms with Crippen LogP contribution in [0.5, 0.6) is 5.75 Å². The average Bonchev–Trinajstić information content (AvgIpc) is 2.88. The SMILES string of the molecule is O=C(O)c1ccccc1OC[C@@H]1OCCNC[C@H]1c1ccc(Cl)c(Cl)c1. The van der Waals surface area contributed by atoms with E-state index in [4.69, 9.17) is 32.7 Å². The molecule has 3 rings (SSSR count). The molecule has 0 bridgehead atoms. The van der Waals surface area contributed by atoms with E-state index in [1.54, 1.807) is 24.3 Å². The van der Waals surface area contributed by atoms with Crippen molar-refractivity contribution in [3.05, 3.63) is 63.6 Å². The number of carboxylic acid groups (broad SMARTS) is 1. The highest BCUT2D eigenvalue weighted by molar-refractivity contribution is 6.42. The van der Waals surface area contributed by atoms with Gasteiger partial charge in [-0.1, -0.05) is 41.4 Å². The zero-order chi connectivity index (χ0) is 18.5. The number of ether oxygens (including phenoxy) is 2. The van der Waals surface area contributed by atoms with E-state index in [9.17, 15) is 9.90 Å². The van der Waals surface area contributed by atoms with Crippen LogP contribution in [0.3, 0.4) is 0 Å². The summed E-state index contributed by atoms with van der Waals surface area (Å²) in [4.78, 5) is 11.3. The molecule has 0 spiro atoms. The van der Waals surface area contributed by atoms with Gasteiger partial charge in [0.25, 0.3) is 0 Å². The summed E-state index contributed by atoms with van der Waals surface area (Å²) >= 11 is 12.2. The van der Waals surface area contributed by atoms with Gasteiger partial charge in [-0.25, -0.2) is 4.79 Å². The lowest BCUT2D eigenvalue weighted by molar-refractivity contribution is 0.0176. The second-order valence-corrected chi connectivity index (χ2v) is 6.82. The number of carboxylic acids is 1. The van der Waals surface area contributed by atoms with E-state index in [2.05, 4.69) is 5.32 Å². The van der Waals surface area contributed by atoms with Crippen LogP contribution in [0.4, 0.5) is 0 Å². The Hall–Kier alpha value is -1.79. The molecule has 0 unspecified atom stereocenters. The van der Waals surface area contributed by atoms with Crippen LogP contribution in [0.2, 0.25) is 10.0 Å². The van der Waals surface area contributed by atoms with E-state index >= 15 is 0 Å². The van der Waals surface area contributed by atoms with Crippen molar-refractivity contribution in [3.8, 4) is 5.75 Å². The van der Waals surface area contributed by atoms with Crippen LogP contribution in [0, 0.1) is 0 Å². The highest BCUT2D eigenvalue weighted by atomic mass is 35.5. The summed E-state index contributed by atoms with van der Waals surface area (Å²) in [6.45, 7) is 2.22. The molecule has 0 saturated carbocycles. The fourth-order valence-electron chi connectivity index (χ4n) is 2.97. The van der Waals surface area contributed by atoms with Crippen LogP contribution in [0.25, 0.3) is 0 Å². The minimum Gasteiger partial charge on any atom is -0.490 e. The summed E-state index contributed by atoms with van der Waals surface area (Å²) < 4.78 is 11.8. The van der Waals surface area contributed by atoms with E-state index < -0.39 is 5.97 Å². The van der Waals surface area contributed by atoms with Crippen LogP contribution in [-0.4, -0.2) is 43.5 Å². The fourth-order valence-corrected chi connectivity index (χ4v) is 3.28. The van der Waals surface area contributed by atoms with E-state index in [0.29, 0.717) is 28.9 Å². The molecule has 0 radical (unpaired) electrons. The molecule has 1 heterocycles. The molecule has 2 aromatic carbocycles. The van der Waals surface area contributed by atoms with Crippen molar-refractivity contribution in [2.45, 2.75) is 12.0 Å². The third-order valence-electron chi connectivity index (χ3n) is 4.32. The van der Waals surface area contributed by atoms with Gasteiger partial charge in [0.1, 0.15) is 17.9 Å². The van der Waals surface area contributed by atoms with Crippen molar-refractivity contribution < 1.29 is 19.4 Å². The van der Waals surface area contributed by atoms with Gasteiger partial charge in [0.15, 0.2) is 0 Å². The quantitative estimate of drug-likeness (QED) is 0.804. The zero-order valence-corrected chi connectivity index (χ0v) is 15.5. The molecule has 0 aromatic heterocycles. The van der Waals surface area contributed by atoms with Gasteiger partial charge in [0, 0.05) is 19.0 Å². The van der Waals surface area contributed by atoms with Crippen molar-refractivity contribution >= 4 is 29.2 Å². The Morgan fingerprint density at radius 2 is 2.04 bits per heavy atom. The molecule has 1 aliphatic rings. The van der Waals surface area contributed by atoms with E-state index in [1.807, 2.05) is 12.1 Å². The molecule has 1 fully saturated rings. The van der Waals surface area contributed by atoms with E-state index in [-0.39, 0.29) is 24.2 Å². The summed E-state index contributed by atoms with van der Waals surface area (Å²) in [5.74, 6) is -0.692. The number of aromatic carboxylic acids is 1. The van der Waals surface area contributed by atoms with Gasteiger partial charge >= 0.3 is 5.97 Å². The molecule has 1 saturated heterocycles. The molecule has 5 nitrogen and oxygen atoms in total. The van der Waals surface area contributed by atoms with Crippen LogP contribution in [0.15, 0.2) is 42.5 Å². The first-order valence-corrected chi connectivity index (χ1v) is 9.04. The molecular weight excluding hydrogens is 377 g/mol. The molecule has 1 aliphatic heterocycles. The Bertz CT molecular complexity index is 784. The van der Waals surface area contributed by atoms with Crippen molar-refractivity contribution in [1.29, 1.82) is 0 Å². The monoisotopic (exact) mass is 395 g/mol. The number of rotatable bonds is 5. The van der Waals surface area contributed by atoms with Gasteiger partial charge in [-0.2, -0.15) is 0 Å². The maximum Gasteiger partial charge on any atom is 0.339 e. The summed E-state index contributed by atoms with van der Waals surface area (Å²) in [6.07, 6.45) is -0.246. The van der Waals surface area contributed by atoms with Gasteiger partial charge in [0.05, 0.1) is 22.8 Å². The molecule has 0 amide bonds. The third-order valence-corrected chi connectivity index (χ3v) is 5.06. The Kier molecular flexibility index (Phi) is 6.38. The van der Waals surface area contributed by atoms with Gasteiger partial charge in [-0.3, -0.25) is 0 Å². The van der Waals surface area contributed by atoms with Crippen LogP contribution in [0.1, 0.15) is 21.8 Å². The normalized spacial score (nSPS) is 20.4. The van der Waals surface area contributed by atoms with Gasteiger partial charge in [-0.05, 0) is 29.8 Å². The second-order valence-electron chi connectivity index (χ2n) is 6.01. The highest BCUT2D eigenvalue weighted by Gasteiger charge is 2.27. The maximum atomic E-state index is 11.3. The number of nitrogens with one attached hydrogen (secondary N) is 1. The van der Waals surface area contributed by atoms with Crippen molar-refractivity contribution in [2.75, 3.05) is 26.3 Å².